The molecule has 2 atom stereocenters. The Labute approximate surface area is 142 Å². The van der Waals surface area contributed by atoms with E-state index < -0.39 is 0 Å². The number of benzene rings is 1. The van der Waals surface area contributed by atoms with Crippen LogP contribution in [0, 0.1) is 0 Å². The van der Waals surface area contributed by atoms with E-state index >= 15 is 0 Å². The number of ether oxygens (including phenoxy) is 1. The molecule has 2 heterocycles. The third-order valence-corrected chi connectivity index (χ3v) is 5.09. The zero-order valence-electron chi connectivity index (χ0n) is 14.0. The molecule has 2 aromatic rings. The van der Waals surface area contributed by atoms with E-state index in [9.17, 15) is 4.79 Å². The minimum absolute atomic E-state index is 0.0216. The Kier molecular flexibility index (Phi) is 4.10. The fraction of sp³-hybridized carbons (Fsp3) is 0.474. The molecule has 0 saturated carbocycles. The molecule has 5 nitrogen and oxygen atoms in total. The topological polar surface area (TPSA) is 56.2 Å². The molecular weight excluding hydrogens is 302 g/mol. The summed E-state index contributed by atoms with van der Waals surface area (Å²) in [4.78, 5) is 12.9. The van der Waals surface area contributed by atoms with Gasteiger partial charge in [0.25, 0.3) is 5.91 Å². The highest BCUT2D eigenvalue weighted by Crippen LogP contribution is 2.31. The zero-order chi connectivity index (χ0) is 16.5. The van der Waals surface area contributed by atoms with Gasteiger partial charge in [-0.25, -0.2) is 0 Å². The molecule has 0 spiro atoms. The van der Waals surface area contributed by atoms with Crippen molar-refractivity contribution in [1.82, 2.24) is 15.1 Å². The number of nitrogens with one attached hydrogen (secondary N) is 1. The van der Waals surface area contributed by atoms with Crippen molar-refractivity contribution in [2.75, 3.05) is 13.2 Å². The standard InChI is InChI=1S/C19H23N3O2/c1-22-11-16(18(21-22)14-9-10-24-12-14)19(23)20-17-8-4-6-13-5-2-3-7-15(13)17/h2-3,5,7,11,14,17H,4,6,8-10,12H2,1H3,(H,20,23)/t14-,17+/m1/s1. The van der Waals surface area contributed by atoms with Gasteiger partial charge < -0.3 is 10.1 Å². The summed E-state index contributed by atoms with van der Waals surface area (Å²) in [6.45, 7) is 1.40. The fourth-order valence-corrected chi connectivity index (χ4v) is 3.87. The highest BCUT2D eigenvalue weighted by atomic mass is 16.5. The SMILES string of the molecule is Cn1cc(C(=O)N[C@H]2CCCc3ccccc32)c([C@@H]2CCOC2)n1. The summed E-state index contributed by atoms with van der Waals surface area (Å²) in [6.07, 6.45) is 5.96. The van der Waals surface area contributed by atoms with Gasteiger partial charge in [-0.3, -0.25) is 9.48 Å². The molecule has 1 saturated heterocycles. The monoisotopic (exact) mass is 325 g/mol. The van der Waals surface area contributed by atoms with Gasteiger partial charge in [0.1, 0.15) is 0 Å². The fourth-order valence-electron chi connectivity index (χ4n) is 3.87. The van der Waals surface area contributed by atoms with Crippen LogP contribution in [0.4, 0.5) is 0 Å². The molecule has 1 aliphatic carbocycles. The maximum Gasteiger partial charge on any atom is 0.255 e. The molecular formula is C19H23N3O2. The van der Waals surface area contributed by atoms with E-state index in [0.29, 0.717) is 12.2 Å². The van der Waals surface area contributed by atoms with E-state index in [4.69, 9.17) is 4.74 Å². The van der Waals surface area contributed by atoms with Gasteiger partial charge in [0.2, 0.25) is 0 Å². The summed E-state index contributed by atoms with van der Waals surface area (Å²) in [5.41, 5.74) is 4.17. The Morgan fingerprint density at radius 3 is 3.04 bits per heavy atom. The molecule has 0 radical (unpaired) electrons. The van der Waals surface area contributed by atoms with E-state index in [1.807, 2.05) is 13.2 Å². The van der Waals surface area contributed by atoms with Crippen LogP contribution in [0.2, 0.25) is 0 Å². The van der Waals surface area contributed by atoms with E-state index in [1.165, 1.54) is 11.1 Å². The van der Waals surface area contributed by atoms with Gasteiger partial charge >= 0.3 is 0 Å². The number of hydrogen-bond donors (Lipinski definition) is 1. The van der Waals surface area contributed by atoms with Crippen molar-refractivity contribution < 1.29 is 9.53 Å². The summed E-state index contributed by atoms with van der Waals surface area (Å²) in [5.74, 6) is 0.206. The summed E-state index contributed by atoms with van der Waals surface area (Å²) in [7, 11) is 1.87. The third kappa shape index (κ3) is 2.84. The van der Waals surface area contributed by atoms with Gasteiger partial charge in [-0.1, -0.05) is 24.3 Å². The molecule has 1 amide bonds. The van der Waals surface area contributed by atoms with Crippen molar-refractivity contribution >= 4 is 5.91 Å². The van der Waals surface area contributed by atoms with Crippen LogP contribution in [0.5, 0.6) is 0 Å². The van der Waals surface area contributed by atoms with Crippen LogP contribution in [0.15, 0.2) is 30.5 Å². The lowest BCUT2D eigenvalue weighted by molar-refractivity contribution is 0.0931. The van der Waals surface area contributed by atoms with E-state index in [1.54, 1.807) is 4.68 Å². The Hall–Kier alpha value is -2.14. The number of amides is 1. The van der Waals surface area contributed by atoms with Crippen LogP contribution in [-0.2, 0) is 18.2 Å². The molecule has 1 aromatic carbocycles. The molecule has 24 heavy (non-hydrogen) atoms. The molecule has 4 rings (SSSR count). The molecule has 126 valence electrons. The lowest BCUT2D eigenvalue weighted by atomic mass is 9.87. The van der Waals surface area contributed by atoms with E-state index in [0.717, 1.165) is 38.0 Å². The van der Waals surface area contributed by atoms with Gasteiger partial charge in [-0.05, 0) is 36.8 Å². The molecule has 1 aromatic heterocycles. The van der Waals surface area contributed by atoms with Crippen LogP contribution < -0.4 is 5.32 Å². The first-order chi connectivity index (χ1) is 11.7. The predicted octanol–water partition coefficient (Wildman–Crippen LogP) is 2.73. The molecule has 1 fully saturated rings. The highest BCUT2D eigenvalue weighted by Gasteiger charge is 2.28. The lowest BCUT2D eigenvalue weighted by Crippen LogP contribution is -2.31. The maximum absolute atomic E-state index is 12.9. The Bertz CT molecular complexity index is 747. The minimum atomic E-state index is -0.0216. The highest BCUT2D eigenvalue weighted by molar-refractivity contribution is 5.95. The van der Waals surface area contributed by atoms with Crippen LogP contribution in [0.25, 0.3) is 0 Å². The maximum atomic E-state index is 12.9. The molecule has 2 aliphatic rings. The summed E-state index contributed by atoms with van der Waals surface area (Å²) < 4.78 is 7.20. The van der Waals surface area contributed by atoms with Gasteiger partial charge in [-0.2, -0.15) is 5.10 Å². The number of carbonyl (C=O) groups is 1. The lowest BCUT2D eigenvalue weighted by Gasteiger charge is -2.26. The largest absolute Gasteiger partial charge is 0.381 e. The molecule has 1 aliphatic heterocycles. The van der Waals surface area contributed by atoms with Crippen molar-refractivity contribution in [3.8, 4) is 0 Å². The van der Waals surface area contributed by atoms with E-state index in [2.05, 4.69) is 34.7 Å². The quantitative estimate of drug-likeness (QED) is 0.944. The summed E-state index contributed by atoms with van der Waals surface area (Å²) >= 11 is 0. The third-order valence-electron chi connectivity index (χ3n) is 5.09. The van der Waals surface area contributed by atoms with Gasteiger partial charge in [0.15, 0.2) is 0 Å². The van der Waals surface area contributed by atoms with Crippen LogP contribution in [-0.4, -0.2) is 28.9 Å². The van der Waals surface area contributed by atoms with E-state index in [-0.39, 0.29) is 17.9 Å². The number of fused-ring (bicyclic) bond motifs is 1. The first-order valence-electron chi connectivity index (χ1n) is 8.72. The second kappa shape index (κ2) is 6.40. The number of aromatic nitrogens is 2. The minimum Gasteiger partial charge on any atom is -0.381 e. The number of rotatable bonds is 3. The average Bonchev–Trinajstić information content (AvgIpc) is 3.24. The average molecular weight is 325 g/mol. The van der Waals surface area contributed by atoms with Crippen molar-refractivity contribution in [2.24, 2.45) is 7.05 Å². The Morgan fingerprint density at radius 1 is 1.33 bits per heavy atom. The Morgan fingerprint density at radius 2 is 2.21 bits per heavy atom. The molecule has 1 N–H and O–H groups in total. The van der Waals surface area contributed by atoms with Gasteiger partial charge in [0.05, 0.1) is 23.9 Å². The molecule has 0 bridgehead atoms. The van der Waals surface area contributed by atoms with Crippen molar-refractivity contribution in [3.63, 3.8) is 0 Å². The normalized spacial score (nSPS) is 23.0. The molecule has 0 unspecified atom stereocenters. The van der Waals surface area contributed by atoms with Crippen LogP contribution in [0.1, 0.15) is 58.4 Å². The number of aryl methyl sites for hydroxylation is 2. The second-order valence-corrected chi connectivity index (χ2v) is 6.78. The van der Waals surface area contributed by atoms with Crippen molar-refractivity contribution in [3.05, 3.63) is 52.8 Å². The first kappa shape index (κ1) is 15.4. The molecule has 5 heteroatoms. The van der Waals surface area contributed by atoms with Crippen LogP contribution >= 0.6 is 0 Å². The smallest absolute Gasteiger partial charge is 0.255 e. The second-order valence-electron chi connectivity index (χ2n) is 6.78. The number of carbonyl (C=O) groups excluding carboxylic acids is 1. The van der Waals surface area contributed by atoms with Gasteiger partial charge in [-0.15, -0.1) is 0 Å². The van der Waals surface area contributed by atoms with Crippen molar-refractivity contribution in [1.29, 1.82) is 0 Å². The van der Waals surface area contributed by atoms with Crippen molar-refractivity contribution in [2.45, 2.75) is 37.6 Å². The summed E-state index contributed by atoms with van der Waals surface area (Å²) in [5, 5.41) is 7.76. The van der Waals surface area contributed by atoms with Crippen LogP contribution in [0.3, 0.4) is 0 Å². The first-order valence-corrected chi connectivity index (χ1v) is 8.72. The predicted molar refractivity (Wildman–Crippen MR) is 91.0 cm³/mol. The van der Waals surface area contributed by atoms with Gasteiger partial charge in [0, 0.05) is 25.8 Å². The zero-order valence-corrected chi connectivity index (χ0v) is 14.0. The summed E-state index contributed by atoms with van der Waals surface area (Å²) in [6, 6.07) is 8.51. The number of hydrogen-bond acceptors (Lipinski definition) is 3. The Balaban J connectivity index is 1.57. The number of nitrogens with zero attached hydrogens (tertiary/aromatic N) is 2.